The zero-order valence-corrected chi connectivity index (χ0v) is 20.7. The fraction of sp³-hybridized carbons (Fsp3) is 0.417. The Morgan fingerprint density at radius 2 is 1.88 bits per heavy atom. The van der Waals surface area contributed by atoms with Crippen LogP contribution in [0, 0.1) is 0 Å². The van der Waals surface area contributed by atoms with Gasteiger partial charge in [0.2, 0.25) is 10.0 Å². The van der Waals surface area contributed by atoms with Crippen LogP contribution >= 0.6 is 11.8 Å². The summed E-state index contributed by atoms with van der Waals surface area (Å²) in [4.78, 5) is 0.270. The minimum atomic E-state index is -3.56. The molecule has 1 unspecified atom stereocenters. The van der Waals surface area contributed by atoms with Gasteiger partial charge in [-0.25, -0.2) is 8.42 Å². The molecule has 0 aliphatic carbocycles. The fourth-order valence-electron chi connectivity index (χ4n) is 3.97. The maximum Gasteiger partial charge on any atom is 0.243 e. The van der Waals surface area contributed by atoms with Gasteiger partial charge in [-0.2, -0.15) is 4.31 Å². The second-order valence-corrected chi connectivity index (χ2v) is 10.9. The SMILES string of the molecule is CCN(CC)S(=O)(=O)c1cccc(-c2nnc(SCC3CCCO3)n2Cc2ccccc2)c1. The summed E-state index contributed by atoms with van der Waals surface area (Å²) in [7, 11) is -3.56. The van der Waals surface area contributed by atoms with Crippen LogP contribution in [-0.4, -0.2) is 59.0 Å². The van der Waals surface area contributed by atoms with E-state index in [1.807, 2.05) is 38.1 Å². The lowest BCUT2D eigenvalue weighted by atomic mass is 10.2. The number of aromatic nitrogens is 3. The summed E-state index contributed by atoms with van der Waals surface area (Å²) in [5, 5.41) is 9.76. The molecule has 0 spiro atoms. The minimum Gasteiger partial charge on any atom is -0.377 e. The first kappa shape index (κ1) is 23.9. The Balaban J connectivity index is 1.69. The summed E-state index contributed by atoms with van der Waals surface area (Å²) >= 11 is 1.64. The van der Waals surface area contributed by atoms with Gasteiger partial charge in [-0.1, -0.05) is 68.1 Å². The summed E-state index contributed by atoms with van der Waals surface area (Å²) in [5.41, 5.74) is 1.86. The van der Waals surface area contributed by atoms with Crippen molar-refractivity contribution < 1.29 is 13.2 Å². The third kappa shape index (κ3) is 5.48. The number of hydrogen-bond donors (Lipinski definition) is 0. The maximum absolute atomic E-state index is 13.1. The van der Waals surface area contributed by atoms with E-state index in [-0.39, 0.29) is 11.0 Å². The first-order valence-corrected chi connectivity index (χ1v) is 13.8. The highest BCUT2D eigenvalue weighted by Crippen LogP contribution is 2.29. The quantitative estimate of drug-likeness (QED) is 0.398. The van der Waals surface area contributed by atoms with Crippen LogP contribution < -0.4 is 0 Å². The molecule has 1 atom stereocenters. The van der Waals surface area contributed by atoms with Crippen LogP contribution in [0.25, 0.3) is 11.4 Å². The molecule has 1 aliphatic heterocycles. The normalized spacial score (nSPS) is 16.5. The van der Waals surface area contributed by atoms with E-state index in [0.717, 1.165) is 41.5 Å². The predicted molar refractivity (Wildman–Crippen MR) is 131 cm³/mol. The van der Waals surface area contributed by atoms with Crippen LogP contribution in [0.1, 0.15) is 32.3 Å². The van der Waals surface area contributed by atoms with Gasteiger partial charge in [-0.3, -0.25) is 4.57 Å². The number of thioether (sulfide) groups is 1. The van der Waals surface area contributed by atoms with Crippen LogP contribution in [-0.2, 0) is 21.3 Å². The summed E-state index contributed by atoms with van der Waals surface area (Å²) in [6, 6.07) is 17.2. The van der Waals surface area contributed by atoms with Crippen LogP contribution in [0.4, 0.5) is 0 Å². The highest BCUT2D eigenvalue weighted by atomic mass is 32.2. The first-order chi connectivity index (χ1) is 16.0. The van der Waals surface area contributed by atoms with Crippen molar-refractivity contribution in [3.8, 4) is 11.4 Å². The summed E-state index contributed by atoms with van der Waals surface area (Å²) in [6.45, 7) is 5.97. The molecule has 1 saturated heterocycles. The van der Waals surface area contributed by atoms with Crippen molar-refractivity contribution in [3.63, 3.8) is 0 Å². The molecule has 0 saturated carbocycles. The molecule has 3 aromatic rings. The van der Waals surface area contributed by atoms with E-state index in [1.54, 1.807) is 30.0 Å². The number of ether oxygens (including phenoxy) is 1. The second kappa shape index (κ2) is 10.8. The molecule has 4 rings (SSSR count). The van der Waals surface area contributed by atoms with Gasteiger partial charge < -0.3 is 4.74 Å². The molecule has 1 aliphatic rings. The van der Waals surface area contributed by atoms with Crippen molar-refractivity contribution in [3.05, 3.63) is 60.2 Å². The molecule has 0 amide bonds. The van der Waals surface area contributed by atoms with Gasteiger partial charge in [-0.05, 0) is 30.5 Å². The topological polar surface area (TPSA) is 77.3 Å². The molecular formula is C24H30N4O3S2. The Hall–Kier alpha value is -2.20. The number of benzene rings is 2. The molecule has 1 aromatic heterocycles. The van der Waals surface area contributed by atoms with E-state index >= 15 is 0 Å². The molecule has 176 valence electrons. The van der Waals surface area contributed by atoms with Crippen molar-refractivity contribution in [2.45, 2.75) is 49.4 Å². The molecule has 0 radical (unpaired) electrons. The van der Waals surface area contributed by atoms with Crippen molar-refractivity contribution in [2.24, 2.45) is 0 Å². The number of rotatable bonds is 10. The van der Waals surface area contributed by atoms with Gasteiger partial charge in [0, 0.05) is 31.0 Å². The van der Waals surface area contributed by atoms with E-state index in [4.69, 9.17) is 4.74 Å². The van der Waals surface area contributed by atoms with Gasteiger partial charge in [0.15, 0.2) is 11.0 Å². The molecule has 2 heterocycles. The van der Waals surface area contributed by atoms with E-state index < -0.39 is 10.0 Å². The summed E-state index contributed by atoms with van der Waals surface area (Å²) < 4.78 is 35.4. The number of sulfonamides is 1. The molecular weight excluding hydrogens is 456 g/mol. The number of hydrogen-bond acceptors (Lipinski definition) is 6. The third-order valence-electron chi connectivity index (χ3n) is 5.76. The molecule has 2 aromatic carbocycles. The fourth-order valence-corrected chi connectivity index (χ4v) is 6.48. The molecule has 0 bridgehead atoms. The largest absolute Gasteiger partial charge is 0.377 e. The van der Waals surface area contributed by atoms with Gasteiger partial charge in [0.05, 0.1) is 17.5 Å². The average molecular weight is 487 g/mol. The number of nitrogens with zero attached hydrogens (tertiary/aromatic N) is 4. The predicted octanol–water partition coefficient (Wildman–Crippen LogP) is 4.30. The third-order valence-corrected chi connectivity index (χ3v) is 8.90. The van der Waals surface area contributed by atoms with E-state index in [0.29, 0.717) is 25.5 Å². The van der Waals surface area contributed by atoms with Gasteiger partial charge in [0.25, 0.3) is 0 Å². The lowest BCUT2D eigenvalue weighted by molar-refractivity contribution is 0.129. The van der Waals surface area contributed by atoms with Crippen molar-refractivity contribution >= 4 is 21.8 Å². The van der Waals surface area contributed by atoms with E-state index in [2.05, 4.69) is 26.9 Å². The lowest BCUT2D eigenvalue weighted by Gasteiger charge is -2.19. The molecule has 9 heteroatoms. The van der Waals surface area contributed by atoms with Crippen LogP contribution in [0.15, 0.2) is 64.6 Å². The van der Waals surface area contributed by atoms with Crippen LogP contribution in [0.5, 0.6) is 0 Å². The smallest absolute Gasteiger partial charge is 0.243 e. The molecule has 1 fully saturated rings. The second-order valence-electron chi connectivity index (χ2n) is 7.94. The van der Waals surface area contributed by atoms with E-state index in [1.165, 1.54) is 4.31 Å². The first-order valence-electron chi connectivity index (χ1n) is 11.3. The molecule has 7 nitrogen and oxygen atoms in total. The summed E-state index contributed by atoms with van der Waals surface area (Å²) in [5.74, 6) is 1.48. The molecule has 33 heavy (non-hydrogen) atoms. The summed E-state index contributed by atoms with van der Waals surface area (Å²) in [6.07, 6.45) is 2.40. The van der Waals surface area contributed by atoms with Crippen LogP contribution in [0.2, 0.25) is 0 Å². The molecule has 0 N–H and O–H groups in total. The highest BCUT2D eigenvalue weighted by molar-refractivity contribution is 7.99. The zero-order chi connectivity index (χ0) is 23.3. The average Bonchev–Trinajstić information content (AvgIpc) is 3.49. The highest BCUT2D eigenvalue weighted by Gasteiger charge is 2.24. The monoisotopic (exact) mass is 486 g/mol. The lowest BCUT2D eigenvalue weighted by Crippen LogP contribution is -2.30. The van der Waals surface area contributed by atoms with Crippen molar-refractivity contribution in [1.82, 2.24) is 19.1 Å². The van der Waals surface area contributed by atoms with E-state index in [9.17, 15) is 8.42 Å². The Morgan fingerprint density at radius 1 is 1.09 bits per heavy atom. The van der Waals surface area contributed by atoms with Crippen molar-refractivity contribution in [2.75, 3.05) is 25.4 Å². The minimum absolute atomic E-state index is 0.239. The van der Waals surface area contributed by atoms with Crippen molar-refractivity contribution in [1.29, 1.82) is 0 Å². The van der Waals surface area contributed by atoms with Gasteiger partial charge in [0.1, 0.15) is 0 Å². The van der Waals surface area contributed by atoms with Crippen LogP contribution in [0.3, 0.4) is 0 Å². The zero-order valence-electron chi connectivity index (χ0n) is 19.1. The van der Waals surface area contributed by atoms with Gasteiger partial charge in [-0.15, -0.1) is 10.2 Å². The Kier molecular flexibility index (Phi) is 7.85. The standard InChI is InChI=1S/C24H30N4O3S2/c1-3-27(4-2)33(29,30)22-14-8-12-20(16-22)23-25-26-24(32-18-21-13-9-15-31-21)28(23)17-19-10-6-5-7-11-19/h5-8,10-12,14,16,21H,3-4,9,13,15,17-18H2,1-2H3. The maximum atomic E-state index is 13.1. The van der Waals surface area contributed by atoms with Gasteiger partial charge >= 0.3 is 0 Å². The Labute approximate surface area is 200 Å². The Morgan fingerprint density at radius 3 is 2.58 bits per heavy atom. The Bertz CT molecular complexity index is 1160.